The van der Waals surface area contributed by atoms with Gasteiger partial charge in [-0.05, 0) is 30.4 Å². The first-order chi connectivity index (χ1) is 10.1. The lowest BCUT2D eigenvalue weighted by atomic mass is 9.96. The SMILES string of the molecule is Cc1cccc(CNC(CC(C)C)c2ccccc2)c1O. The maximum absolute atomic E-state index is 10.1. The molecule has 0 aliphatic heterocycles. The predicted octanol–water partition coefficient (Wildman–Crippen LogP) is 4.58. The third-order valence-electron chi connectivity index (χ3n) is 3.77. The van der Waals surface area contributed by atoms with E-state index in [1.54, 1.807) is 0 Å². The zero-order valence-electron chi connectivity index (χ0n) is 13.1. The van der Waals surface area contributed by atoms with Gasteiger partial charge >= 0.3 is 0 Å². The van der Waals surface area contributed by atoms with Gasteiger partial charge in [-0.15, -0.1) is 0 Å². The number of benzene rings is 2. The molecule has 0 radical (unpaired) electrons. The van der Waals surface area contributed by atoms with E-state index >= 15 is 0 Å². The van der Waals surface area contributed by atoms with Gasteiger partial charge in [0.05, 0.1) is 0 Å². The van der Waals surface area contributed by atoms with Gasteiger partial charge in [-0.3, -0.25) is 0 Å². The number of rotatable bonds is 6. The van der Waals surface area contributed by atoms with Crippen LogP contribution in [0.4, 0.5) is 0 Å². The molecule has 0 aliphatic rings. The van der Waals surface area contributed by atoms with Gasteiger partial charge in [-0.1, -0.05) is 62.4 Å². The topological polar surface area (TPSA) is 32.3 Å². The van der Waals surface area contributed by atoms with E-state index in [1.165, 1.54) is 5.56 Å². The number of hydrogen-bond acceptors (Lipinski definition) is 2. The van der Waals surface area contributed by atoms with E-state index in [0.717, 1.165) is 17.5 Å². The van der Waals surface area contributed by atoms with Crippen LogP contribution in [0.15, 0.2) is 48.5 Å². The fourth-order valence-electron chi connectivity index (χ4n) is 2.59. The largest absolute Gasteiger partial charge is 0.507 e. The fourth-order valence-corrected chi connectivity index (χ4v) is 2.59. The zero-order chi connectivity index (χ0) is 15.2. The van der Waals surface area contributed by atoms with Gasteiger partial charge in [0, 0.05) is 18.2 Å². The van der Waals surface area contributed by atoms with Crippen molar-refractivity contribution in [1.29, 1.82) is 0 Å². The first kappa shape index (κ1) is 15.6. The van der Waals surface area contributed by atoms with Crippen molar-refractivity contribution in [1.82, 2.24) is 5.32 Å². The molecule has 0 fully saturated rings. The minimum Gasteiger partial charge on any atom is -0.507 e. The van der Waals surface area contributed by atoms with Crippen LogP contribution in [0.3, 0.4) is 0 Å². The number of phenolic OH excluding ortho intramolecular Hbond substituents is 1. The summed E-state index contributed by atoms with van der Waals surface area (Å²) in [6.07, 6.45) is 1.08. The van der Waals surface area contributed by atoms with Crippen molar-refractivity contribution >= 4 is 0 Å². The molecule has 2 aromatic rings. The Morgan fingerprint density at radius 3 is 2.38 bits per heavy atom. The van der Waals surface area contributed by atoms with Crippen LogP contribution in [-0.4, -0.2) is 5.11 Å². The minimum absolute atomic E-state index is 0.311. The Balaban J connectivity index is 2.11. The Morgan fingerprint density at radius 2 is 1.71 bits per heavy atom. The van der Waals surface area contributed by atoms with E-state index in [4.69, 9.17) is 0 Å². The summed E-state index contributed by atoms with van der Waals surface area (Å²) in [6.45, 7) is 7.09. The van der Waals surface area contributed by atoms with E-state index in [2.05, 4.69) is 43.4 Å². The molecule has 2 N–H and O–H groups in total. The number of aromatic hydroxyl groups is 1. The lowest BCUT2D eigenvalue weighted by molar-refractivity contribution is 0.418. The van der Waals surface area contributed by atoms with Gasteiger partial charge in [0.25, 0.3) is 0 Å². The van der Waals surface area contributed by atoms with Crippen LogP contribution in [0.2, 0.25) is 0 Å². The maximum Gasteiger partial charge on any atom is 0.122 e. The molecule has 1 atom stereocenters. The van der Waals surface area contributed by atoms with E-state index in [0.29, 0.717) is 24.3 Å². The predicted molar refractivity (Wildman–Crippen MR) is 88.3 cm³/mol. The molecule has 1 unspecified atom stereocenters. The normalized spacial score (nSPS) is 12.6. The number of aryl methyl sites for hydroxylation is 1. The Kier molecular flexibility index (Phi) is 5.40. The van der Waals surface area contributed by atoms with E-state index in [-0.39, 0.29) is 0 Å². The highest BCUT2D eigenvalue weighted by Gasteiger charge is 2.13. The highest BCUT2D eigenvalue weighted by Crippen LogP contribution is 2.25. The molecular formula is C19H25NO. The molecule has 0 heterocycles. The van der Waals surface area contributed by atoms with Gasteiger partial charge in [-0.2, -0.15) is 0 Å². The molecule has 0 spiro atoms. The van der Waals surface area contributed by atoms with Crippen molar-refractivity contribution < 1.29 is 5.11 Å². The van der Waals surface area contributed by atoms with Crippen molar-refractivity contribution in [3.8, 4) is 5.75 Å². The fraction of sp³-hybridized carbons (Fsp3) is 0.368. The molecule has 0 bridgehead atoms. The number of phenols is 1. The van der Waals surface area contributed by atoms with Crippen LogP contribution >= 0.6 is 0 Å². The summed E-state index contributed by atoms with van der Waals surface area (Å²) in [5.74, 6) is 1.02. The second-order valence-corrected chi connectivity index (χ2v) is 6.06. The standard InChI is InChI=1S/C19H25NO/c1-14(2)12-18(16-9-5-4-6-10-16)20-13-17-11-7-8-15(3)19(17)21/h4-11,14,18,20-21H,12-13H2,1-3H3. The van der Waals surface area contributed by atoms with Crippen LogP contribution in [0.5, 0.6) is 5.75 Å². The van der Waals surface area contributed by atoms with Gasteiger partial charge in [0.1, 0.15) is 5.75 Å². The molecule has 0 aliphatic carbocycles. The molecule has 2 aromatic carbocycles. The summed E-state index contributed by atoms with van der Waals surface area (Å²) in [5, 5.41) is 13.7. The summed E-state index contributed by atoms with van der Waals surface area (Å²) in [5.41, 5.74) is 3.19. The van der Waals surface area contributed by atoms with Crippen molar-refractivity contribution in [2.24, 2.45) is 5.92 Å². The minimum atomic E-state index is 0.311. The van der Waals surface area contributed by atoms with Gasteiger partial charge in [0.2, 0.25) is 0 Å². The molecule has 0 amide bonds. The third kappa shape index (κ3) is 4.33. The smallest absolute Gasteiger partial charge is 0.122 e. The second kappa shape index (κ2) is 7.28. The summed E-state index contributed by atoms with van der Waals surface area (Å²) >= 11 is 0. The average molecular weight is 283 g/mol. The molecule has 0 saturated heterocycles. The van der Waals surface area contributed by atoms with Gasteiger partial charge in [0.15, 0.2) is 0 Å². The Hall–Kier alpha value is -1.80. The summed E-state index contributed by atoms with van der Waals surface area (Å²) < 4.78 is 0. The molecule has 0 aromatic heterocycles. The second-order valence-electron chi connectivity index (χ2n) is 6.06. The van der Waals surface area contributed by atoms with E-state index in [1.807, 2.05) is 31.2 Å². The highest BCUT2D eigenvalue weighted by molar-refractivity contribution is 5.39. The van der Waals surface area contributed by atoms with Crippen LogP contribution in [0.25, 0.3) is 0 Å². The Bertz CT molecular complexity index is 563. The molecule has 2 heteroatoms. The third-order valence-corrected chi connectivity index (χ3v) is 3.77. The summed E-state index contributed by atoms with van der Waals surface area (Å²) in [4.78, 5) is 0. The van der Waals surface area contributed by atoms with Crippen LogP contribution in [0.1, 0.15) is 43.0 Å². The summed E-state index contributed by atoms with van der Waals surface area (Å²) in [6, 6.07) is 16.7. The first-order valence-electron chi connectivity index (χ1n) is 7.63. The van der Waals surface area contributed by atoms with E-state index in [9.17, 15) is 5.11 Å². The van der Waals surface area contributed by atoms with Gasteiger partial charge in [-0.25, -0.2) is 0 Å². The van der Waals surface area contributed by atoms with Crippen LogP contribution in [0, 0.1) is 12.8 Å². The molecule has 112 valence electrons. The van der Waals surface area contributed by atoms with Gasteiger partial charge < -0.3 is 10.4 Å². The first-order valence-corrected chi connectivity index (χ1v) is 7.63. The number of hydrogen-bond donors (Lipinski definition) is 2. The monoisotopic (exact) mass is 283 g/mol. The average Bonchev–Trinajstić information content (AvgIpc) is 2.48. The quantitative estimate of drug-likeness (QED) is 0.813. The Morgan fingerprint density at radius 1 is 1.00 bits per heavy atom. The molecule has 0 saturated carbocycles. The lowest BCUT2D eigenvalue weighted by Gasteiger charge is -2.22. The van der Waals surface area contributed by atoms with Crippen LogP contribution < -0.4 is 5.32 Å². The molecule has 2 nitrogen and oxygen atoms in total. The lowest BCUT2D eigenvalue weighted by Crippen LogP contribution is -2.22. The van der Waals surface area contributed by atoms with Crippen LogP contribution in [-0.2, 0) is 6.54 Å². The number of para-hydroxylation sites is 1. The molecular weight excluding hydrogens is 258 g/mol. The Labute approximate surface area is 127 Å². The van der Waals surface area contributed by atoms with Crippen molar-refractivity contribution in [3.05, 3.63) is 65.2 Å². The highest BCUT2D eigenvalue weighted by atomic mass is 16.3. The summed E-state index contributed by atoms with van der Waals surface area (Å²) in [7, 11) is 0. The van der Waals surface area contributed by atoms with Crippen molar-refractivity contribution in [2.75, 3.05) is 0 Å². The maximum atomic E-state index is 10.1. The molecule has 2 rings (SSSR count). The van der Waals surface area contributed by atoms with Crippen molar-refractivity contribution in [3.63, 3.8) is 0 Å². The van der Waals surface area contributed by atoms with E-state index < -0.39 is 0 Å². The van der Waals surface area contributed by atoms with Crippen molar-refractivity contribution in [2.45, 2.75) is 39.8 Å². The zero-order valence-corrected chi connectivity index (χ0v) is 13.1. The molecule has 21 heavy (non-hydrogen) atoms. The number of nitrogens with one attached hydrogen (secondary N) is 1.